The molecule has 0 unspecified atom stereocenters. The molecule has 3 aliphatic rings. The van der Waals surface area contributed by atoms with Crippen molar-refractivity contribution in [3.63, 3.8) is 0 Å². The van der Waals surface area contributed by atoms with Crippen LogP contribution in [0.15, 0.2) is 12.1 Å². The van der Waals surface area contributed by atoms with Gasteiger partial charge in [0.1, 0.15) is 23.2 Å². The van der Waals surface area contributed by atoms with Gasteiger partial charge in [-0.25, -0.2) is 4.79 Å². The lowest BCUT2D eigenvalue weighted by Gasteiger charge is -2.45. The van der Waals surface area contributed by atoms with Crippen molar-refractivity contribution in [1.29, 1.82) is 0 Å². The highest BCUT2D eigenvalue weighted by Crippen LogP contribution is 2.37. The summed E-state index contributed by atoms with van der Waals surface area (Å²) in [7, 11) is -0.981. The molecular formula is C18H25BN2O6. The van der Waals surface area contributed by atoms with Crippen molar-refractivity contribution >= 4 is 13.1 Å². The summed E-state index contributed by atoms with van der Waals surface area (Å²) in [4.78, 5) is 14.0. The molecule has 0 amide bonds. The number of hydrogen-bond acceptors (Lipinski definition) is 7. The Morgan fingerprint density at radius 1 is 1.37 bits per heavy atom. The van der Waals surface area contributed by atoms with Gasteiger partial charge >= 0.3 is 13.1 Å². The van der Waals surface area contributed by atoms with E-state index in [1.807, 2.05) is 6.07 Å². The summed E-state index contributed by atoms with van der Waals surface area (Å²) in [6.45, 7) is 3.61. The minimum Gasteiger partial charge on any atom is -0.535 e. The molecule has 4 rings (SSSR count). The number of aromatic carboxylic acids is 1. The van der Waals surface area contributed by atoms with Crippen LogP contribution in [0.2, 0.25) is 6.32 Å². The molecule has 0 saturated carbocycles. The quantitative estimate of drug-likeness (QED) is 0.632. The van der Waals surface area contributed by atoms with E-state index in [1.165, 1.54) is 0 Å². The third-order valence-corrected chi connectivity index (χ3v) is 5.57. The first kappa shape index (κ1) is 18.6. The van der Waals surface area contributed by atoms with Crippen molar-refractivity contribution in [2.24, 2.45) is 5.73 Å². The molecule has 0 spiro atoms. The van der Waals surface area contributed by atoms with Crippen molar-refractivity contribution in [3.05, 3.63) is 23.3 Å². The Labute approximate surface area is 158 Å². The van der Waals surface area contributed by atoms with Crippen LogP contribution in [-0.2, 0) is 11.2 Å². The second kappa shape index (κ2) is 7.31. The molecule has 0 radical (unpaired) electrons. The van der Waals surface area contributed by atoms with Crippen LogP contribution in [-0.4, -0.2) is 72.6 Å². The molecule has 4 N–H and O–H groups in total. The minimum atomic E-state index is -1.12. The van der Waals surface area contributed by atoms with Gasteiger partial charge in [-0.15, -0.1) is 0 Å². The van der Waals surface area contributed by atoms with Gasteiger partial charge in [0, 0.05) is 38.4 Å². The highest BCUT2D eigenvalue weighted by molar-refractivity contribution is 6.44. The summed E-state index contributed by atoms with van der Waals surface area (Å²) >= 11 is 0. The zero-order chi connectivity index (χ0) is 19.0. The van der Waals surface area contributed by atoms with E-state index >= 15 is 0 Å². The Hall–Kier alpha value is -1.81. The zero-order valence-corrected chi connectivity index (χ0v) is 15.2. The average Bonchev–Trinajstić information content (AvgIpc) is 2.59. The van der Waals surface area contributed by atoms with Crippen LogP contribution in [0.5, 0.6) is 11.5 Å². The van der Waals surface area contributed by atoms with Gasteiger partial charge in [-0.3, -0.25) is 4.90 Å². The number of nitrogens with zero attached hydrogens (tertiary/aromatic N) is 1. The van der Waals surface area contributed by atoms with Gasteiger partial charge in [0.15, 0.2) is 0 Å². The molecule has 2 saturated heterocycles. The van der Waals surface area contributed by atoms with Crippen LogP contribution in [0, 0.1) is 0 Å². The van der Waals surface area contributed by atoms with E-state index in [-0.39, 0.29) is 28.7 Å². The summed E-state index contributed by atoms with van der Waals surface area (Å²) in [6, 6.07) is 3.51. The molecule has 3 aliphatic heterocycles. The first-order chi connectivity index (χ1) is 12.9. The normalized spacial score (nSPS) is 22.5. The molecular weight excluding hydrogens is 351 g/mol. The average molecular weight is 376 g/mol. The molecule has 146 valence electrons. The second-order valence-corrected chi connectivity index (χ2v) is 7.75. The lowest BCUT2D eigenvalue weighted by atomic mass is 9.78. The maximum Gasteiger partial charge on any atom is 0.522 e. The Morgan fingerprint density at radius 2 is 2.11 bits per heavy atom. The number of fused-ring (bicyclic) bond motifs is 1. The predicted octanol–water partition coefficient (Wildman–Crippen LogP) is 0.371. The molecule has 9 heteroatoms. The fourth-order valence-corrected chi connectivity index (χ4v) is 4.00. The van der Waals surface area contributed by atoms with E-state index in [4.69, 9.17) is 19.9 Å². The third kappa shape index (κ3) is 3.91. The van der Waals surface area contributed by atoms with Gasteiger partial charge in [0.2, 0.25) is 0 Å². The number of likely N-dealkylation sites (tertiary alicyclic amines) is 1. The first-order valence-corrected chi connectivity index (χ1v) is 9.43. The molecule has 0 bridgehead atoms. The van der Waals surface area contributed by atoms with Crippen molar-refractivity contribution in [3.8, 4) is 11.5 Å². The summed E-state index contributed by atoms with van der Waals surface area (Å²) < 4.78 is 16.7. The number of ether oxygens (including phenoxy) is 2. The summed E-state index contributed by atoms with van der Waals surface area (Å²) in [5, 5.41) is 19.4. The number of carbonyl (C=O) groups is 1. The van der Waals surface area contributed by atoms with E-state index in [9.17, 15) is 14.9 Å². The fourth-order valence-electron chi connectivity index (χ4n) is 4.00. The predicted molar refractivity (Wildman–Crippen MR) is 98.3 cm³/mol. The Kier molecular flexibility index (Phi) is 5.02. The molecule has 1 aromatic rings. The van der Waals surface area contributed by atoms with Crippen LogP contribution in [0.1, 0.15) is 28.8 Å². The number of rotatable bonds is 5. The number of carboxylic acid groups (broad SMARTS) is 1. The summed E-state index contributed by atoms with van der Waals surface area (Å²) in [5.74, 6) is -0.609. The molecule has 0 aromatic heterocycles. The van der Waals surface area contributed by atoms with Gasteiger partial charge < -0.3 is 30.0 Å². The van der Waals surface area contributed by atoms with Crippen LogP contribution in [0.3, 0.4) is 0 Å². The molecule has 0 aliphatic carbocycles. The first-order valence-electron chi connectivity index (χ1n) is 9.43. The van der Waals surface area contributed by atoms with Gasteiger partial charge in [0.25, 0.3) is 0 Å². The number of benzene rings is 1. The lowest BCUT2D eigenvalue weighted by molar-refractivity contribution is -0.0180. The number of carboxylic acids is 1. The van der Waals surface area contributed by atoms with Crippen LogP contribution >= 0.6 is 0 Å². The van der Waals surface area contributed by atoms with Crippen LogP contribution < -0.4 is 15.1 Å². The Bertz CT molecular complexity index is 718. The molecule has 1 aromatic carbocycles. The molecule has 2 fully saturated rings. The van der Waals surface area contributed by atoms with Crippen LogP contribution in [0.4, 0.5) is 0 Å². The Balaban J connectivity index is 1.41. The van der Waals surface area contributed by atoms with Crippen LogP contribution in [0.25, 0.3) is 0 Å². The number of hydrogen-bond donors (Lipinski definition) is 3. The van der Waals surface area contributed by atoms with Gasteiger partial charge in [0.05, 0.1) is 0 Å². The van der Waals surface area contributed by atoms with E-state index in [1.54, 1.807) is 6.07 Å². The molecule has 27 heavy (non-hydrogen) atoms. The highest BCUT2D eigenvalue weighted by atomic mass is 16.5. The molecule has 8 nitrogen and oxygen atoms in total. The molecule has 0 atom stereocenters. The van der Waals surface area contributed by atoms with Crippen molar-refractivity contribution in [2.45, 2.75) is 37.2 Å². The van der Waals surface area contributed by atoms with Crippen molar-refractivity contribution in [1.82, 2.24) is 4.90 Å². The third-order valence-electron chi connectivity index (χ3n) is 5.57. The maximum atomic E-state index is 11.8. The summed E-state index contributed by atoms with van der Waals surface area (Å²) in [5.41, 5.74) is 7.00. The molecule has 3 heterocycles. The minimum absolute atomic E-state index is 0.00979. The Morgan fingerprint density at radius 3 is 2.81 bits per heavy atom. The SMILES string of the molecule is NC1(CN2CC(Oc3ccc4c(c3C(=O)O)OB(O)CC4)C2)CCOCC1. The van der Waals surface area contributed by atoms with Crippen molar-refractivity contribution < 1.29 is 29.1 Å². The fraction of sp³-hybridized carbons (Fsp3) is 0.611. The maximum absolute atomic E-state index is 11.8. The largest absolute Gasteiger partial charge is 0.535 e. The standard InChI is InChI=1S/C18H25BN2O6/c20-18(4-7-25-8-5-18)11-21-9-13(10-21)26-14-2-1-12-3-6-19(24)27-16(12)15(14)17(22)23/h1-2,13,24H,3-11,20H2,(H,22,23). The van der Waals surface area contributed by atoms with Gasteiger partial charge in [-0.05, 0) is 37.2 Å². The monoisotopic (exact) mass is 376 g/mol. The highest BCUT2D eigenvalue weighted by Gasteiger charge is 2.37. The second-order valence-electron chi connectivity index (χ2n) is 7.75. The summed E-state index contributed by atoms with van der Waals surface area (Å²) in [6.07, 6.45) is 2.65. The van der Waals surface area contributed by atoms with Gasteiger partial charge in [-0.1, -0.05) is 6.07 Å². The van der Waals surface area contributed by atoms with E-state index in [0.717, 1.165) is 24.9 Å². The van der Waals surface area contributed by atoms with E-state index in [2.05, 4.69) is 4.90 Å². The number of nitrogens with two attached hydrogens (primary N) is 1. The van der Waals surface area contributed by atoms with Crippen molar-refractivity contribution in [2.75, 3.05) is 32.8 Å². The zero-order valence-electron chi connectivity index (χ0n) is 15.2. The van der Waals surface area contributed by atoms with E-state index < -0.39 is 13.1 Å². The van der Waals surface area contributed by atoms with E-state index in [0.29, 0.717) is 39.0 Å². The van der Waals surface area contributed by atoms with Gasteiger partial charge in [-0.2, -0.15) is 0 Å². The number of aryl methyl sites for hydroxylation is 1. The lowest BCUT2D eigenvalue weighted by Crippen LogP contribution is -2.62. The topological polar surface area (TPSA) is 114 Å². The smallest absolute Gasteiger partial charge is 0.522 e.